The highest BCUT2D eigenvalue weighted by Gasteiger charge is 2.38. The standard InChI is InChI=1S/C14H28N2O2/c1-4-13-8-18-12(2)7-16(13)10-14(9-15-3)5-6-17-11-14/h12-13,15H,4-11H2,1-3H3. The molecule has 4 heteroatoms. The first-order chi connectivity index (χ1) is 8.69. The minimum Gasteiger partial charge on any atom is -0.381 e. The molecular formula is C14H28N2O2. The van der Waals surface area contributed by atoms with Crippen molar-refractivity contribution in [3.63, 3.8) is 0 Å². The summed E-state index contributed by atoms with van der Waals surface area (Å²) < 4.78 is 11.4. The second-order valence-corrected chi connectivity index (χ2v) is 5.97. The molecule has 0 aliphatic carbocycles. The molecule has 2 heterocycles. The van der Waals surface area contributed by atoms with Gasteiger partial charge in [0.1, 0.15) is 0 Å². The Morgan fingerprint density at radius 2 is 2.28 bits per heavy atom. The fraction of sp³-hybridized carbons (Fsp3) is 1.00. The van der Waals surface area contributed by atoms with Gasteiger partial charge >= 0.3 is 0 Å². The van der Waals surface area contributed by atoms with E-state index in [-0.39, 0.29) is 0 Å². The lowest BCUT2D eigenvalue weighted by molar-refractivity contribution is -0.0697. The minimum atomic E-state index is 0.305. The summed E-state index contributed by atoms with van der Waals surface area (Å²) in [5, 5.41) is 3.35. The number of hydrogen-bond donors (Lipinski definition) is 1. The highest BCUT2D eigenvalue weighted by atomic mass is 16.5. The van der Waals surface area contributed by atoms with Gasteiger partial charge in [-0.25, -0.2) is 0 Å². The third-order valence-corrected chi connectivity index (χ3v) is 4.33. The molecule has 0 saturated carbocycles. The van der Waals surface area contributed by atoms with Crippen LogP contribution in [0.15, 0.2) is 0 Å². The van der Waals surface area contributed by atoms with E-state index >= 15 is 0 Å². The van der Waals surface area contributed by atoms with Gasteiger partial charge in [-0.2, -0.15) is 0 Å². The third-order valence-electron chi connectivity index (χ3n) is 4.33. The summed E-state index contributed by atoms with van der Waals surface area (Å²) >= 11 is 0. The summed E-state index contributed by atoms with van der Waals surface area (Å²) in [6.07, 6.45) is 2.71. The maximum absolute atomic E-state index is 5.78. The van der Waals surface area contributed by atoms with Crippen molar-refractivity contribution in [2.75, 3.05) is 46.5 Å². The Morgan fingerprint density at radius 1 is 1.44 bits per heavy atom. The van der Waals surface area contributed by atoms with Crippen LogP contribution in [0.3, 0.4) is 0 Å². The Labute approximate surface area is 111 Å². The van der Waals surface area contributed by atoms with Gasteiger partial charge in [-0.1, -0.05) is 6.92 Å². The predicted octanol–water partition coefficient (Wildman–Crippen LogP) is 1.11. The molecule has 0 spiro atoms. The van der Waals surface area contributed by atoms with Gasteiger partial charge in [0.2, 0.25) is 0 Å². The van der Waals surface area contributed by atoms with E-state index in [9.17, 15) is 0 Å². The summed E-state index contributed by atoms with van der Waals surface area (Å²) in [5.74, 6) is 0. The van der Waals surface area contributed by atoms with Gasteiger partial charge in [-0.15, -0.1) is 0 Å². The highest BCUT2D eigenvalue weighted by Crippen LogP contribution is 2.31. The van der Waals surface area contributed by atoms with Gasteiger partial charge < -0.3 is 14.8 Å². The molecule has 2 fully saturated rings. The molecule has 0 aromatic heterocycles. The highest BCUT2D eigenvalue weighted by molar-refractivity contribution is 4.91. The van der Waals surface area contributed by atoms with Crippen molar-refractivity contribution in [2.45, 2.75) is 38.8 Å². The molecule has 0 amide bonds. The van der Waals surface area contributed by atoms with Crippen molar-refractivity contribution in [1.29, 1.82) is 0 Å². The van der Waals surface area contributed by atoms with Gasteiger partial charge in [-0.3, -0.25) is 4.90 Å². The number of rotatable bonds is 5. The Morgan fingerprint density at radius 3 is 2.89 bits per heavy atom. The summed E-state index contributed by atoms with van der Waals surface area (Å²) in [6, 6.07) is 0.579. The van der Waals surface area contributed by atoms with Crippen LogP contribution in [0, 0.1) is 5.41 Å². The first-order valence-electron chi connectivity index (χ1n) is 7.27. The zero-order valence-electron chi connectivity index (χ0n) is 12.1. The van der Waals surface area contributed by atoms with E-state index in [2.05, 4.69) is 24.1 Å². The Balaban J connectivity index is 1.99. The molecule has 3 atom stereocenters. The Hall–Kier alpha value is -0.160. The molecule has 18 heavy (non-hydrogen) atoms. The number of nitrogens with one attached hydrogen (secondary N) is 1. The fourth-order valence-electron chi connectivity index (χ4n) is 3.26. The van der Waals surface area contributed by atoms with Crippen LogP contribution in [0.25, 0.3) is 0 Å². The van der Waals surface area contributed by atoms with Crippen LogP contribution < -0.4 is 5.32 Å². The van der Waals surface area contributed by atoms with Gasteiger partial charge in [-0.05, 0) is 26.8 Å². The number of hydrogen-bond acceptors (Lipinski definition) is 4. The third kappa shape index (κ3) is 3.23. The first kappa shape index (κ1) is 14.3. The van der Waals surface area contributed by atoms with E-state index < -0.39 is 0 Å². The Bertz CT molecular complexity index is 254. The van der Waals surface area contributed by atoms with Gasteiger partial charge in [0.15, 0.2) is 0 Å². The van der Waals surface area contributed by atoms with Crippen LogP contribution in [0.5, 0.6) is 0 Å². The largest absolute Gasteiger partial charge is 0.381 e. The topological polar surface area (TPSA) is 33.7 Å². The van der Waals surface area contributed by atoms with E-state index in [0.717, 1.165) is 39.5 Å². The zero-order chi connectivity index (χ0) is 13.0. The van der Waals surface area contributed by atoms with Crippen LogP contribution >= 0.6 is 0 Å². The molecule has 0 aromatic rings. The minimum absolute atomic E-state index is 0.305. The van der Waals surface area contributed by atoms with Crippen LogP contribution in [-0.4, -0.2) is 63.5 Å². The quantitative estimate of drug-likeness (QED) is 0.799. The molecule has 2 aliphatic rings. The molecule has 3 unspecified atom stereocenters. The zero-order valence-corrected chi connectivity index (χ0v) is 12.1. The maximum atomic E-state index is 5.78. The molecule has 0 aromatic carbocycles. The fourth-order valence-corrected chi connectivity index (χ4v) is 3.26. The van der Waals surface area contributed by atoms with Crippen molar-refractivity contribution in [1.82, 2.24) is 10.2 Å². The number of nitrogens with zero attached hydrogens (tertiary/aromatic N) is 1. The average Bonchev–Trinajstić information content (AvgIpc) is 2.78. The smallest absolute Gasteiger partial charge is 0.0674 e. The average molecular weight is 256 g/mol. The first-order valence-corrected chi connectivity index (χ1v) is 7.27. The molecule has 106 valence electrons. The van der Waals surface area contributed by atoms with Crippen LogP contribution in [0.4, 0.5) is 0 Å². The SMILES string of the molecule is CCC1COC(C)CN1CC1(CNC)CCOC1. The van der Waals surface area contributed by atoms with Crippen LogP contribution in [-0.2, 0) is 9.47 Å². The van der Waals surface area contributed by atoms with Gasteiger partial charge in [0, 0.05) is 37.7 Å². The monoisotopic (exact) mass is 256 g/mol. The van der Waals surface area contributed by atoms with Crippen molar-refractivity contribution in [2.24, 2.45) is 5.41 Å². The molecule has 4 nitrogen and oxygen atoms in total. The van der Waals surface area contributed by atoms with Crippen molar-refractivity contribution < 1.29 is 9.47 Å². The van der Waals surface area contributed by atoms with Crippen LogP contribution in [0.2, 0.25) is 0 Å². The lowest BCUT2D eigenvalue weighted by atomic mass is 9.85. The van der Waals surface area contributed by atoms with Gasteiger partial charge in [0.05, 0.1) is 19.3 Å². The number of ether oxygens (including phenoxy) is 2. The second kappa shape index (κ2) is 6.33. The van der Waals surface area contributed by atoms with E-state index in [1.807, 2.05) is 7.05 Å². The lowest BCUT2D eigenvalue weighted by Gasteiger charge is -2.43. The van der Waals surface area contributed by atoms with Crippen molar-refractivity contribution in [3.05, 3.63) is 0 Å². The lowest BCUT2D eigenvalue weighted by Crippen LogP contribution is -2.54. The summed E-state index contributed by atoms with van der Waals surface area (Å²) in [6.45, 7) is 10.4. The molecular weight excluding hydrogens is 228 g/mol. The van der Waals surface area contributed by atoms with E-state index in [4.69, 9.17) is 9.47 Å². The molecule has 0 bridgehead atoms. The summed E-state index contributed by atoms with van der Waals surface area (Å²) in [4.78, 5) is 2.63. The molecule has 1 N–H and O–H groups in total. The number of morpholine rings is 1. The Kier molecular flexibility index (Phi) is 5.01. The normalized spacial score (nSPS) is 38.2. The van der Waals surface area contributed by atoms with Crippen molar-refractivity contribution >= 4 is 0 Å². The van der Waals surface area contributed by atoms with Crippen molar-refractivity contribution in [3.8, 4) is 0 Å². The summed E-state index contributed by atoms with van der Waals surface area (Å²) in [7, 11) is 2.04. The van der Waals surface area contributed by atoms with Crippen LogP contribution in [0.1, 0.15) is 26.7 Å². The van der Waals surface area contributed by atoms with E-state index in [1.165, 1.54) is 12.8 Å². The second-order valence-electron chi connectivity index (χ2n) is 5.97. The summed E-state index contributed by atoms with van der Waals surface area (Å²) in [5.41, 5.74) is 0.305. The molecule has 2 aliphatic heterocycles. The molecule has 2 saturated heterocycles. The van der Waals surface area contributed by atoms with E-state index in [0.29, 0.717) is 17.6 Å². The predicted molar refractivity (Wildman–Crippen MR) is 72.9 cm³/mol. The maximum Gasteiger partial charge on any atom is 0.0674 e. The molecule has 2 rings (SSSR count). The van der Waals surface area contributed by atoms with E-state index in [1.54, 1.807) is 0 Å². The molecule has 0 radical (unpaired) electrons. The van der Waals surface area contributed by atoms with Gasteiger partial charge in [0.25, 0.3) is 0 Å².